The molecule has 2 heterocycles. The van der Waals surface area contributed by atoms with Gasteiger partial charge in [-0.1, -0.05) is 23.7 Å². The molecule has 2 aromatic carbocycles. The van der Waals surface area contributed by atoms with Gasteiger partial charge < -0.3 is 25.2 Å². The smallest absolute Gasteiger partial charge is 0.254 e. The third-order valence-electron chi connectivity index (χ3n) is 6.32. The van der Waals surface area contributed by atoms with Crippen LogP contribution in [0.3, 0.4) is 0 Å². The number of halogens is 1. The summed E-state index contributed by atoms with van der Waals surface area (Å²) in [5.74, 6) is 0.944. The number of aromatic nitrogens is 2. The van der Waals surface area contributed by atoms with Crippen LogP contribution in [0.5, 0.6) is 5.75 Å². The summed E-state index contributed by atoms with van der Waals surface area (Å²) >= 11 is 6.40. The lowest BCUT2D eigenvalue weighted by molar-refractivity contribution is 0.0768. The minimum Gasteiger partial charge on any atom is -0.489 e. The lowest BCUT2D eigenvalue weighted by atomic mass is 10.1. The van der Waals surface area contributed by atoms with Gasteiger partial charge in [0.2, 0.25) is 5.95 Å². The fourth-order valence-electron chi connectivity index (χ4n) is 4.18. The molecule has 0 radical (unpaired) electrons. The molecule has 214 valence electrons. The molecule has 2 N–H and O–H groups in total. The van der Waals surface area contributed by atoms with E-state index < -0.39 is 15.1 Å². The number of ether oxygens (including phenoxy) is 1. The highest BCUT2D eigenvalue weighted by Gasteiger charge is 2.29. The molecule has 0 atom stereocenters. The van der Waals surface area contributed by atoms with E-state index in [4.69, 9.17) is 16.3 Å². The molecule has 0 spiro atoms. The molecule has 1 amide bonds. The molecular formula is C28H35ClN6O4S. The van der Waals surface area contributed by atoms with E-state index in [1.54, 1.807) is 44.2 Å². The van der Waals surface area contributed by atoms with Gasteiger partial charge in [-0.2, -0.15) is 4.98 Å². The Labute approximate surface area is 240 Å². The molecule has 0 saturated carbocycles. The highest BCUT2D eigenvalue weighted by Crippen LogP contribution is 2.36. The van der Waals surface area contributed by atoms with Gasteiger partial charge in [-0.25, -0.2) is 13.4 Å². The van der Waals surface area contributed by atoms with Crippen LogP contribution in [0, 0.1) is 0 Å². The Morgan fingerprint density at radius 3 is 2.50 bits per heavy atom. The average molecular weight is 587 g/mol. The summed E-state index contributed by atoms with van der Waals surface area (Å²) < 4.78 is 31.9. The van der Waals surface area contributed by atoms with Gasteiger partial charge in [0.05, 0.1) is 33.8 Å². The first-order chi connectivity index (χ1) is 18.9. The molecule has 1 aliphatic rings. The van der Waals surface area contributed by atoms with Gasteiger partial charge in [0.1, 0.15) is 10.8 Å². The topological polar surface area (TPSA) is 117 Å². The fourth-order valence-corrected chi connectivity index (χ4v) is 5.53. The van der Waals surface area contributed by atoms with Crippen LogP contribution in [0.1, 0.15) is 43.6 Å². The van der Waals surface area contributed by atoms with Gasteiger partial charge in [0.15, 0.2) is 15.7 Å². The Balaban J connectivity index is 1.66. The predicted octanol–water partition coefficient (Wildman–Crippen LogP) is 5.10. The molecule has 10 nitrogen and oxygen atoms in total. The molecule has 4 rings (SSSR count). The van der Waals surface area contributed by atoms with Crippen LogP contribution in [0.25, 0.3) is 0 Å². The van der Waals surface area contributed by atoms with Crippen molar-refractivity contribution in [2.45, 2.75) is 50.5 Å². The molecule has 3 aromatic rings. The minimum absolute atomic E-state index is 0.0432. The number of anilines is 4. The molecule has 12 heteroatoms. The first-order valence-corrected chi connectivity index (χ1v) is 15.0. The molecule has 1 aliphatic heterocycles. The maximum Gasteiger partial charge on any atom is 0.254 e. The summed E-state index contributed by atoms with van der Waals surface area (Å²) in [6, 6.07) is 10.2. The van der Waals surface area contributed by atoms with E-state index in [9.17, 15) is 13.2 Å². The van der Waals surface area contributed by atoms with E-state index in [0.29, 0.717) is 35.8 Å². The lowest BCUT2D eigenvalue weighted by Gasteiger charge is -2.18. The van der Waals surface area contributed by atoms with Crippen molar-refractivity contribution in [3.05, 3.63) is 58.7 Å². The number of nitrogens with zero attached hydrogens (tertiary/aromatic N) is 4. The molecule has 0 bridgehead atoms. The second kappa shape index (κ2) is 12.0. The molecule has 1 aromatic heterocycles. The molecule has 0 fully saturated rings. The van der Waals surface area contributed by atoms with Crippen molar-refractivity contribution in [3.8, 4) is 5.75 Å². The average Bonchev–Trinajstić information content (AvgIpc) is 3.19. The maximum absolute atomic E-state index is 13.1. The number of carbonyl (C=O) groups is 1. The number of carbonyl (C=O) groups excluding carboxylic acids is 1. The van der Waals surface area contributed by atoms with Crippen LogP contribution in [-0.2, 0) is 16.4 Å². The summed E-state index contributed by atoms with van der Waals surface area (Å²) in [4.78, 5) is 26.0. The number of fused-ring (bicyclic) bond motifs is 1. The third kappa shape index (κ3) is 6.48. The Bertz CT molecular complexity index is 1510. The van der Waals surface area contributed by atoms with E-state index in [-0.39, 0.29) is 33.7 Å². The molecule has 0 saturated heterocycles. The number of hydrogen-bond acceptors (Lipinski definition) is 9. The third-order valence-corrected chi connectivity index (χ3v) is 8.81. The summed E-state index contributed by atoms with van der Waals surface area (Å²) in [6.45, 7) is 9.00. The Morgan fingerprint density at radius 2 is 1.82 bits per heavy atom. The molecule has 40 heavy (non-hydrogen) atoms. The maximum atomic E-state index is 13.1. The van der Waals surface area contributed by atoms with E-state index in [1.165, 1.54) is 6.20 Å². The summed E-state index contributed by atoms with van der Waals surface area (Å²) in [6.07, 6.45) is 1.31. The van der Waals surface area contributed by atoms with Crippen LogP contribution < -0.4 is 15.4 Å². The minimum atomic E-state index is -3.56. The van der Waals surface area contributed by atoms with Crippen LogP contribution >= 0.6 is 11.6 Å². The second-order valence-corrected chi connectivity index (χ2v) is 13.3. The first kappa shape index (κ1) is 29.6. The van der Waals surface area contributed by atoms with Gasteiger partial charge in [-0.3, -0.25) is 4.79 Å². The summed E-state index contributed by atoms with van der Waals surface area (Å²) in [7, 11) is 0.386. The Kier molecular flexibility index (Phi) is 8.86. The highest BCUT2D eigenvalue weighted by molar-refractivity contribution is 7.92. The number of amides is 1. The van der Waals surface area contributed by atoms with E-state index >= 15 is 0 Å². The van der Waals surface area contributed by atoms with Gasteiger partial charge in [0.25, 0.3) is 5.91 Å². The quantitative estimate of drug-likeness (QED) is 0.316. The van der Waals surface area contributed by atoms with Crippen LogP contribution in [0.4, 0.5) is 23.1 Å². The van der Waals surface area contributed by atoms with Gasteiger partial charge >= 0.3 is 0 Å². The predicted molar refractivity (Wildman–Crippen MR) is 158 cm³/mol. The fraction of sp³-hybridized carbons (Fsp3) is 0.393. The highest BCUT2D eigenvalue weighted by atomic mass is 35.5. The summed E-state index contributed by atoms with van der Waals surface area (Å²) in [5, 5.41) is 5.83. The Morgan fingerprint density at radius 1 is 1.10 bits per heavy atom. The number of benzene rings is 2. The zero-order chi connectivity index (χ0) is 29.2. The standard InChI is InChI=1S/C28H35ClN6O4S/c1-17(2)39-24-13-19-16-35(12-11-34(5)6)27(36)20(19)14-23(24)32-28-30-15-21(29)26(33-28)31-22-9-7-8-10-25(22)40(37,38)18(3)4/h7-10,13-15,17-18H,11-12,16H2,1-6H3,(H2,30,31,32,33). The molecular weight excluding hydrogens is 552 g/mol. The van der Waals surface area contributed by atoms with E-state index in [0.717, 1.165) is 12.1 Å². The number of sulfone groups is 1. The zero-order valence-corrected chi connectivity index (χ0v) is 25.1. The molecule has 0 aliphatic carbocycles. The first-order valence-electron chi connectivity index (χ1n) is 13.0. The van der Waals surface area contributed by atoms with Crippen molar-refractivity contribution in [2.24, 2.45) is 0 Å². The normalized spacial score (nSPS) is 13.3. The van der Waals surface area contributed by atoms with Crippen LogP contribution in [-0.4, -0.2) is 72.6 Å². The number of hydrogen-bond donors (Lipinski definition) is 2. The van der Waals surface area contributed by atoms with E-state index in [2.05, 4.69) is 20.6 Å². The van der Waals surface area contributed by atoms with Crippen molar-refractivity contribution in [1.29, 1.82) is 0 Å². The number of rotatable bonds is 11. The Hall–Kier alpha value is -3.41. The van der Waals surface area contributed by atoms with Gasteiger partial charge in [-0.15, -0.1) is 0 Å². The van der Waals surface area contributed by atoms with Crippen molar-refractivity contribution in [3.63, 3.8) is 0 Å². The molecule has 0 unspecified atom stereocenters. The number of nitrogens with one attached hydrogen (secondary N) is 2. The van der Waals surface area contributed by atoms with Gasteiger partial charge in [-0.05, 0) is 71.6 Å². The zero-order valence-electron chi connectivity index (χ0n) is 23.5. The monoisotopic (exact) mass is 586 g/mol. The lowest BCUT2D eigenvalue weighted by Crippen LogP contribution is -2.31. The number of para-hydroxylation sites is 1. The van der Waals surface area contributed by atoms with E-state index in [1.807, 2.05) is 43.8 Å². The SMILES string of the molecule is CC(C)Oc1cc2c(cc1Nc1ncc(Cl)c(Nc3ccccc3S(=O)(=O)C(C)C)n1)C(=O)N(CCN(C)C)C2. The van der Waals surface area contributed by atoms with Crippen molar-refractivity contribution >= 4 is 50.5 Å². The number of likely N-dealkylation sites (N-methyl/N-ethyl adjacent to an activating group) is 1. The second-order valence-electron chi connectivity index (χ2n) is 10.4. The van der Waals surface area contributed by atoms with Crippen LogP contribution in [0.2, 0.25) is 5.02 Å². The van der Waals surface area contributed by atoms with Crippen molar-refractivity contribution in [1.82, 2.24) is 19.8 Å². The summed E-state index contributed by atoms with van der Waals surface area (Å²) in [5.41, 5.74) is 2.38. The van der Waals surface area contributed by atoms with Crippen LogP contribution in [0.15, 0.2) is 47.5 Å². The van der Waals surface area contributed by atoms with Crippen molar-refractivity contribution in [2.75, 3.05) is 37.8 Å². The van der Waals surface area contributed by atoms with Gasteiger partial charge in [0, 0.05) is 25.2 Å². The van der Waals surface area contributed by atoms with Crippen molar-refractivity contribution < 1.29 is 17.9 Å². The largest absolute Gasteiger partial charge is 0.489 e.